The van der Waals surface area contributed by atoms with Gasteiger partial charge in [-0.1, -0.05) is 26.7 Å². The third kappa shape index (κ3) is 2.51. The number of nitrogens with zero attached hydrogens (tertiary/aromatic N) is 2. The van der Waals surface area contributed by atoms with E-state index in [2.05, 4.69) is 29.1 Å². The van der Waals surface area contributed by atoms with Crippen LogP contribution in [0.5, 0.6) is 0 Å². The molecular weight excluding hydrogens is 212 g/mol. The second-order valence-electron chi connectivity index (χ2n) is 5.66. The molecule has 0 spiro atoms. The van der Waals surface area contributed by atoms with Crippen LogP contribution in [0.3, 0.4) is 0 Å². The van der Waals surface area contributed by atoms with Crippen molar-refractivity contribution < 1.29 is 0 Å². The monoisotopic (exact) mass is 234 g/mol. The predicted octanol–water partition coefficient (Wildman–Crippen LogP) is 2.75. The molecule has 1 aliphatic carbocycles. The van der Waals surface area contributed by atoms with Crippen molar-refractivity contribution in [1.82, 2.24) is 9.97 Å². The van der Waals surface area contributed by atoms with Gasteiger partial charge in [-0.2, -0.15) is 0 Å². The molecule has 0 saturated heterocycles. The van der Waals surface area contributed by atoms with E-state index in [-0.39, 0.29) is 0 Å². The lowest BCUT2D eigenvalue weighted by Gasteiger charge is -2.39. The molecule has 0 bridgehead atoms. The van der Waals surface area contributed by atoms with Gasteiger partial charge in [-0.05, 0) is 25.2 Å². The van der Waals surface area contributed by atoms with E-state index in [1.807, 2.05) is 6.92 Å². The molecule has 2 rings (SSSR count). The zero-order chi connectivity index (χ0) is 12.5. The summed E-state index contributed by atoms with van der Waals surface area (Å²) < 4.78 is 0. The number of aromatic nitrogens is 2. The van der Waals surface area contributed by atoms with Crippen LogP contribution in [0, 0.1) is 12.3 Å². The summed E-state index contributed by atoms with van der Waals surface area (Å²) in [5, 5.41) is 3.55. The van der Waals surface area contributed by atoms with Crippen molar-refractivity contribution in [1.29, 1.82) is 0 Å². The van der Waals surface area contributed by atoms with Gasteiger partial charge in [0.2, 0.25) is 0 Å². The average molecular weight is 234 g/mol. The Morgan fingerprint density at radius 3 is 2.82 bits per heavy atom. The van der Waals surface area contributed by atoms with Gasteiger partial charge >= 0.3 is 0 Å². The fourth-order valence-corrected chi connectivity index (χ4v) is 2.54. The van der Waals surface area contributed by atoms with E-state index in [0.717, 1.165) is 11.4 Å². The maximum absolute atomic E-state index is 5.80. The van der Waals surface area contributed by atoms with E-state index in [0.29, 0.717) is 17.3 Å². The number of nitrogen functional groups attached to an aromatic ring is 1. The molecule has 1 aromatic rings. The molecule has 3 N–H and O–H groups in total. The minimum atomic E-state index is 0.324. The number of rotatable bonds is 2. The van der Waals surface area contributed by atoms with Gasteiger partial charge in [0.1, 0.15) is 18.0 Å². The Hall–Kier alpha value is -1.32. The second kappa shape index (κ2) is 4.51. The van der Waals surface area contributed by atoms with Crippen molar-refractivity contribution in [3.05, 3.63) is 11.9 Å². The Labute approximate surface area is 103 Å². The lowest BCUT2D eigenvalue weighted by Crippen LogP contribution is -2.39. The Morgan fingerprint density at radius 2 is 2.12 bits per heavy atom. The van der Waals surface area contributed by atoms with Crippen LogP contribution in [0.1, 0.15) is 45.1 Å². The summed E-state index contributed by atoms with van der Waals surface area (Å²) in [6.45, 7) is 6.61. The van der Waals surface area contributed by atoms with Gasteiger partial charge in [-0.15, -0.1) is 0 Å². The van der Waals surface area contributed by atoms with Crippen LogP contribution in [0.2, 0.25) is 0 Å². The van der Waals surface area contributed by atoms with E-state index in [1.165, 1.54) is 32.0 Å². The summed E-state index contributed by atoms with van der Waals surface area (Å²) in [4.78, 5) is 8.29. The highest BCUT2D eigenvalue weighted by molar-refractivity contribution is 5.54. The van der Waals surface area contributed by atoms with Crippen molar-refractivity contribution in [2.75, 3.05) is 11.1 Å². The van der Waals surface area contributed by atoms with Crippen molar-refractivity contribution in [2.24, 2.45) is 5.41 Å². The van der Waals surface area contributed by atoms with E-state index < -0.39 is 0 Å². The fraction of sp³-hybridized carbons (Fsp3) is 0.692. The van der Waals surface area contributed by atoms with Crippen molar-refractivity contribution in [2.45, 2.75) is 52.5 Å². The van der Waals surface area contributed by atoms with E-state index >= 15 is 0 Å². The number of hydrogen-bond acceptors (Lipinski definition) is 4. The molecule has 1 atom stereocenters. The number of hydrogen-bond donors (Lipinski definition) is 2. The fourth-order valence-electron chi connectivity index (χ4n) is 2.54. The van der Waals surface area contributed by atoms with Gasteiger partial charge in [0, 0.05) is 11.6 Å². The van der Waals surface area contributed by atoms with E-state index in [1.54, 1.807) is 0 Å². The van der Waals surface area contributed by atoms with Crippen LogP contribution in [0.15, 0.2) is 6.33 Å². The van der Waals surface area contributed by atoms with Gasteiger partial charge < -0.3 is 11.1 Å². The first-order valence-corrected chi connectivity index (χ1v) is 6.34. The molecule has 94 valence electrons. The van der Waals surface area contributed by atoms with Crippen molar-refractivity contribution in [3.63, 3.8) is 0 Å². The van der Waals surface area contributed by atoms with E-state index in [4.69, 9.17) is 5.73 Å². The maximum Gasteiger partial charge on any atom is 0.134 e. The first-order valence-electron chi connectivity index (χ1n) is 6.34. The molecule has 0 aliphatic heterocycles. The highest BCUT2D eigenvalue weighted by Gasteiger charge is 2.32. The first-order chi connectivity index (χ1) is 8.00. The second-order valence-corrected chi connectivity index (χ2v) is 5.66. The van der Waals surface area contributed by atoms with Gasteiger partial charge in [0.15, 0.2) is 0 Å². The molecule has 4 nitrogen and oxygen atoms in total. The van der Waals surface area contributed by atoms with Crippen LogP contribution in [0.4, 0.5) is 11.6 Å². The molecule has 1 aromatic heterocycles. The minimum absolute atomic E-state index is 0.324. The zero-order valence-corrected chi connectivity index (χ0v) is 11.0. The molecule has 1 fully saturated rings. The summed E-state index contributed by atoms with van der Waals surface area (Å²) in [6, 6.07) is 0.476. The summed E-state index contributed by atoms with van der Waals surface area (Å²) in [7, 11) is 0. The Bertz CT molecular complexity index is 400. The number of nitrogens with two attached hydrogens (primary N) is 1. The van der Waals surface area contributed by atoms with E-state index in [9.17, 15) is 0 Å². The topological polar surface area (TPSA) is 63.8 Å². The third-order valence-electron chi connectivity index (χ3n) is 3.94. The highest BCUT2D eigenvalue weighted by Crippen LogP contribution is 2.37. The average Bonchev–Trinajstić information content (AvgIpc) is 2.27. The molecule has 0 radical (unpaired) electrons. The molecule has 0 amide bonds. The smallest absolute Gasteiger partial charge is 0.134 e. The van der Waals surface area contributed by atoms with Crippen molar-refractivity contribution in [3.8, 4) is 0 Å². The largest absolute Gasteiger partial charge is 0.383 e. The summed E-state index contributed by atoms with van der Waals surface area (Å²) in [5.41, 5.74) is 7.08. The Morgan fingerprint density at radius 1 is 1.35 bits per heavy atom. The quantitative estimate of drug-likeness (QED) is 0.826. The Balaban J connectivity index is 2.17. The summed E-state index contributed by atoms with van der Waals surface area (Å²) in [5.74, 6) is 1.45. The number of anilines is 2. The molecule has 1 saturated carbocycles. The van der Waals surface area contributed by atoms with Crippen LogP contribution in [-0.2, 0) is 0 Å². The third-order valence-corrected chi connectivity index (χ3v) is 3.94. The molecule has 1 heterocycles. The molecule has 1 aliphatic rings. The summed E-state index contributed by atoms with van der Waals surface area (Å²) in [6.07, 6.45) is 6.62. The van der Waals surface area contributed by atoms with Crippen LogP contribution >= 0.6 is 0 Å². The summed E-state index contributed by atoms with van der Waals surface area (Å²) >= 11 is 0. The lowest BCUT2D eigenvalue weighted by atomic mass is 9.73. The maximum atomic E-state index is 5.80. The van der Waals surface area contributed by atoms with Gasteiger partial charge in [-0.25, -0.2) is 9.97 Å². The van der Waals surface area contributed by atoms with Gasteiger partial charge in [0.25, 0.3) is 0 Å². The molecular formula is C13H22N4. The normalized spacial score (nSPS) is 23.4. The molecule has 0 aromatic carbocycles. The Kier molecular flexibility index (Phi) is 3.22. The lowest BCUT2D eigenvalue weighted by molar-refractivity contribution is 0.216. The standard InChI is InChI=1S/C13H22N4/c1-9-11(14)15-8-16-12(9)17-10-6-4-5-7-13(10,2)3/h8,10H,4-7H2,1-3H3,(H3,14,15,16,17). The predicted molar refractivity (Wildman–Crippen MR) is 70.8 cm³/mol. The highest BCUT2D eigenvalue weighted by atomic mass is 15.1. The van der Waals surface area contributed by atoms with Gasteiger partial charge in [-0.3, -0.25) is 0 Å². The minimum Gasteiger partial charge on any atom is -0.383 e. The first kappa shape index (κ1) is 12.1. The SMILES string of the molecule is Cc1c(N)ncnc1NC1CCCCC1(C)C. The molecule has 4 heteroatoms. The van der Waals surface area contributed by atoms with Crippen LogP contribution in [0.25, 0.3) is 0 Å². The van der Waals surface area contributed by atoms with Crippen LogP contribution in [-0.4, -0.2) is 16.0 Å². The van der Waals surface area contributed by atoms with Gasteiger partial charge in [0.05, 0.1) is 0 Å². The van der Waals surface area contributed by atoms with Crippen molar-refractivity contribution >= 4 is 11.6 Å². The number of nitrogens with one attached hydrogen (secondary N) is 1. The zero-order valence-electron chi connectivity index (χ0n) is 11.0. The molecule has 17 heavy (non-hydrogen) atoms. The van der Waals surface area contributed by atoms with Crippen LogP contribution < -0.4 is 11.1 Å². The molecule has 1 unspecified atom stereocenters.